The van der Waals surface area contributed by atoms with E-state index in [1.165, 1.54) is 0 Å². The van der Waals surface area contributed by atoms with Crippen LogP contribution in [-0.2, 0) is 25.6 Å². The molecule has 0 bridgehead atoms. The van der Waals surface area contributed by atoms with Crippen molar-refractivity contribution in [3.05, 3.63) is 115 Å². The van der Waals surface area contributed by atoms with Crippen molar-refractivity contribution in [1.82, 2.24) is 9.97 Å². The summed E-state index contributed by atoms with van der Waals surface area (Å²) >= 11 is 0. The van der Waals surface area contributed by atoms with Gasteiger partial charge < -0.3 is 9.30 Å². The molecule has 0 aliphatic carbocycles. The second-order valence-corrected chi connectivity index (χ2v) is 10.8. The van der Waals surface area contributed by atoms with Gasteiger partial charge in [0, 0.05) is 29.5 Å². The molecule has 1 unspecified atom stereocenters. The third-order valence-electron chi connectivity index (χ3n) is 5.91. The Balaban J connectivity index is 0.00000253. The van der Waals surface area contributed by atoms with Gasteiger partial charge in [-0.25, -0.2) is 16.1 Å². The van der Waals surface area contributed by atoms with Crippen LogP contribution in [-0.4, -0.2) is 9.97 Å². The van der Waals surface area contributed by atoms with Crippen molar-refractivity contribution in [1.29, 1.82) is 0 Å². The SMILES string of the molecule is Cc1ccnc(P2(=O)c3[c-]c(-c4[c-]c(Oc5ccccn5)ccc4)ccc3-c3ccccc32)c1.[Pt+2]. The molecule has 1 aliphatic rings. The molecule has 1 aliphatic heterocycles. The Morgan fingerprint density at radius 2 is 1.60 bits per heavy atom. The molecule has 0 saturated heterocycles. The van der Waals surface area contributed by atoms with Crippen LogP contribution in [0.3, 0.4) is 0 Å². The number of hydrogen-bond acceptors (Lipinski definition) is 4. The minimum atomic E-state index is -3.17. The van der Waals surface area contributed by atoms with Gasteiger partial charge in [0.15, 0.2) is 7.14 Å². The molecule has 172 valence electrons. The Kier molecular flexibility index (Phi) is 6.28. The van der Waals surface area contributed by atoms with Crippen molar-refractivity contribution in [2.75, 3.05) is 0 Å². The van der Waals surface area contributed by atoms with E-state index in [2.05, 4.69) is 22.1 Å². The number of rotatable bonds is 4. The fourth-order valence-corrected chi connectivity index (χ4v) is 7.29. The smallest absolute Gasteiger partial charge is 0.460 e. The van der Waals surface area contributed by atoms with E-state index in [4.69, 9.17) is 4.74 Å². The summed E-state index contributed by atoms with van der Waals surface area (Å²) in [6.45, 7) is 1.99. The second kappa shape index (κ2) is 9.38. The number of aromatic nitrogens is 2. The van der Waals surface area contributed by atoms with Crippen molar-refractivity contribution >= 4 is 23.2 Å². The van der Waals surface area contributed by atoms with E-state index < -0.39 is 7.14 Å². The molecule has 1 atom stereocenters. The average Bonchev–Trinajstić information content (AvgIpc) is 3.14. The first-order valence-corrected chi connectivity index (χ1v) is 12.7. The van der Waals surface area contributed by atoms with Gasteiger partial charge in [0.2, 0.25) is 5.88 Å². The predicted octanol–water partition coefficient (Wildman–Crippen LogP) is 5.46. The first-order chi connectivity index (χ1) is 16.6. The summed E-state index contributed by atoms with van der Waals surface area (Å²) in [7, 11) is -3.17. The van der Waals surface area contributed by atoms with Gasteiger partial charge in [-0.3, -0.25) is 4.98 Å². The number of nitrogens with zero attached hydrogens (tertiary/aromatic N) is 2. The van der Waals surface area contributed by atoms with E-state index >= 15 is 0 Å². The first kappa shape index (κ1) is 23.4. The van der Waals surface area contributed by atoms with Crippen molar-refractivity contribution < 1.29 is 30.4 Å². The van der Waals surface area contributed by atoms with Crippen LogP contribution in [0.4, 0.5) is 0 Å². The van der Waals surface area contributed by atoms with Gasteiger partial charge in [0.25, 0.3) is 0 Å². The predicted molar refractivity (Wildman–Crippen MR) is 135 cm³/mol. The molecular formula is C29H19N2O2PPt. The van der Waals surface area contributed by atoms with Crippen LogP contribution >= 0.6 is 7.14 Å². The molecule has 3 aromatic carbocycles. The standard InChI is InChI=1S/C29H19N2O2P.Pt/c1-20-14-16-31-29(17-20)34(32)26-10-3-2-9-24(26)25-13-12-22(19-27(25)34)21-7-6-8-23(18-21)33-28-11-4-5-15-30-28;/h2-17H,1H3;/q-2;+2. The Morgan fingerprint density at radius 1 is 0.771 bits per heavy atom. The summed E-state index contributed by atoms with van der Waals surface area (Å²) in [4.78, 5) is 8.75. The Labute approximate surface area is 218 Å². The summed E-state index contributed by atoms with van der Waals surface area (Å²) in [6.07, 6.45) is 3.41. The van der Waals surface area contributed by atoms with E-state index in [-0.39, 0.29) is 21.1 Å². The number of fused-ring (bicyclic) bond motifs is 3. The van der Waals surface area contributed by atoms with Crippen molar-refractivity contribution in [2.45, 2.75) is 6.92 Å². The quantitative estimate of drug-likeness (QED) is 0.187. The molecule has 0 amide bonds. The second-order valence-electron chi connectivity index (χ2n) is 8.15. The van der Waals surface area contributed by atoms with E-state index in [1.807, 2.05) is 85.8 Å². The van der Waals surface area contributed by atoms with E-state index in [1.54, 1.807) is 18.5 Å². The zero-order valence-electron chi connectivity index (χ0n) is 18.7. The summed E-state index contributed by atoms with van der Waals surface area (Å²) in [5.41, 5.74) is 5.12. The monoisotopic (exact) mass is 653 g/mol. The molecule has 6 rings (SSSR count). The third kappa shape index (κ3) is 4.08. The molecule has 0 fully saturated rings. The number of benzene rings is 3. The number of pyridine rings is 2. The van der Waals surface area contributed by atoms with Crippen molar-refractivity contribution in [3.8, 4) is 33.9 Å². The maximum Gasteiger partial charge on any atom is 2.00 e. The zero-order valence-corrected chi connectivity index (χ0v) is 21.9. The topological polar surface area (TPSA) is 52.1 Å². The van der Waals surface area contributed by atoms with Gasteiger partial charge in [0.05, 0.1) is 0 Å². The average molecular weight is 654 g/mol. The Bertz CT molecular complexity index is 1590. The molecule has 2 aromatic heterocycles. The van der Waals surface area contributed by atoms with Crippen LogP contribution in [0.1, 0.15) is 5.56 Å². The van der Waals surface area contributed by atoms with Crippen LogP contribution in [0.25, 0.3) is 22.3 Å². The Morgan fingerprint density at radius 3 is 2.43 bits per heavy atom. The fourth-order valence-electron chi connectivity index (χ4n) is 4.32. The van der Waals surface area contributed by atoms with Crippen LogP contribution in [0, 0.1) is 19.1 Å². The van der Waals surface area contributed by atoms with Gasteiger partial charge in [0.1, 0.15) is 5.44 Å². The van der Waals surface area contributed by atoms with Crippen LogP contribution in [0.2, 0.25) is 0 Å². The maximum atomic E-state index is 14.8. The van der Waals surface area contributed by atoms with Crippen LogP contribution in [0.15, 0.2) is 97.3 Å². The molecule has 35 heavy (non-hydrogen) atoms. The van der Waals surface area contributed by atoms with E-state index in [0.717, 1.165) is 33.1 Å². The number of aryl methyl sites for hydroxylation is 1. The van der Waals surface area contributed by atoms with Gasteiger partial charge >= 0.3 is 21.1 Å². The maximum absolute atomic E-state index is 14.8. The summed E-state index contributed by atoms with van der Waals surface area (Å²) in [5.74, 6) is 1.05. The minimum absolute atomic E-state index is 0. The number of ether oxygens (including phenoxy) is 1. The van der Waals surface area contributed by atoms with E-state index in [9.17, 15) is 4.57 Å². The molecule has 5 aromatic rings. The minimum Gasteiger partial charge on any atom is -0.460 e. The number of hydrogen-bond donors (Lipinski definition) is 0. The summed E-state index contributed by atoms with van der Waals surface area (Å²) in [6, 6.07) is 33.7. The molecule has 0 N–H and O–H groups in total. The molecule has 6 heteroatoms. The van der Waals surface area contributed by atoms with Gasteiger partial charge in [-0.1, -0.05) is 41.2 Å². The largest absolute Gasteiger partial charge is 2.00 e. The fraction of sp³-hybridized carbons (Fsp3) is 0.0345. The van der Waals surface area contributed by atoms with Gasteiger partial charge in [-0.05, 0) is 36.2 Å². The molecule has 0 saturated carbocycles. The van der Waals surface area contributed by atoms with Crippen LogP contribution < -0.4 is 20.8 Å². The zero-order chi connectivity index (χ0) is 23.1. The Hall–Kier alpha value is -3.32. The summed E-state index contributed by atoms with van der Waals surface area (Å²) in [5, 5.41) is 1.50. The molecule has 0 spiro atoms. The molecular weight excluding hydrogens is 634 g/mol. The van der Waals surface area contributed by atoms with Crippen LogP contribution in [0.5, 0.6) is 11.6 Å². The van der Waals surface area contributed by atoms with E-state index in [0.29, 0.717) is 22.4 Å². The normalized spacial score (nSPS) is 15.6. The molecule has 4 nitrogen and oxygen atoms in total. The van der Waals surface area contributed by atoms with Crippen molar-refractivity contribution in [3.63, 3.8) is 0 Å². The molecule has 0 radical (unpaired) electrons. The van der Waals surface area contributed by atoms with Crippen molar-refractivity contribution in [2.24, 2.45) is 0 Å². The first-order valence-electron chi connectivity index (χ1n) is 10.9. The molecule has 3 heterocycles. The summed E-state index contributed by atoms with van der Waals surface area (Å²) < 4.78 is 20.6. The van der Waals surface area contributed by atoms with Gasteiger partial charge in [-0.2, -0.15) is 24.3 Å². The van der Waals surface area contributed by atoms with Gasteiger partial charge in [-0.15, -0.1) is 18.2 Å². The third-order valence-corrected chi connectivity index (χ3v) is 8.85.